The summed E-state index contributed by atoms with van der Waals surface area (Å²) in [5.74, 6) is 0.450. The SMILES string of the molecule is N#CNC(=O)CCN1CCSC1=O. The van der Waals surface area contributed by atoms with E-state index in [2.05, 4.69) is 0 Å². The Morgan fingerprint density at radius 2 is 2.54 bits per heavy atom. The molecule has 1 saturated heterocycles. The summed E-state index contributed by atoms with van der Waals surface area (Å²) in [6.07, 6.45) is 1.74. The van der Waals surface area contributed by atoms with Crippen molar-refractivity contribution in [1.29, 1.82) is 5.26 Å². The molecule has 1 aliphatic rings. The van der Waals surface area contributed by atoms with Gasteiger partial charge in [0.1, 0.15) is 0 Å². The highest BCUT2D eigenvalue weighted by Crippen LogP contribution is 2.16. The largest absolute Gasteiger partial charge is 0.332 e. The van der Waals surface area contributed by atoms with Crippen LogP contribution < -0.4 is 5.32 Å². The zero-order valence-electron chi connectivity index (χ0n) is 6.95. The molecule has 6 heteroatoms. The average molecular weight is 199 g/mol. The lowest BCUT2D eigenvalue weighted by atomic mass is 10.4. The highest BCUT2D eigenvalue weighted by molar-refractivity contribution is 8.13. The van der Waals surface area contributed by atoms with Gasteiger partial charge in [-0.05, 0) is 0 Å². The molecule has 1 N–H and O–H groups in total. The molecule has 1 heterocycles. The van der Waals surface area contributed by atoms with E-state index >= 15 is 0 Å². The highest BCUT2D eigenvalue weighted by atomic mass is 32.2. The highest BCUT2D eigenvalue weighted by Gasteiger charge is 2.20. The Balaban J connectivity index is 2.23. The maximum atomic E-state index is 11.0. The van der Waals surface area contributed by atoms with Crippen LogP contribution in [0.15, 0.2) is 0 Å². The zero-order valence-corrected chi connectivity index (χ0v) is 7.76. The van der Waals surface area contributed by atoms with Gasteiger partial charge in [0, 0.05) is 25.3 Å². The van der Waals surface area contributed by atoms with E-state index in [0.29, 0.717) is 13.1 Å². The van der Waals surface area contributed by atoms with Crippen molar-refractivity contribution in [3.05, 3.63) is 0 Å². The van der Waals surface area contributed by atoms with Crippen molar-refractivity contribution in [2.45, 2.75) is 6.42 Å². The first-order valence-corrected chi connectivity index (χ1v) is 4.82. The number of nitrogens with zero attached hydrogens (tertiary/aromatic N) is 2. The van der Waals surface area contributed by atoms with Gasteiger partial charge in [0.05, 0.1) is 0 Å². The van der Waals surface area contributed by atoms with Gasteiger partial charge in [0.15, 0.2) is 6.19 Å². The second-order valence-corrected chi connectivity index (χ2v) is 3.56. The predicted octanol–water partition coefficient (Wildman–Crippen LogP) is 0.143. The topological polar surface area (TPSA) is 73.2 Å². The van der Waals surface area contributed by atoms with Gasteiger partial charge in [-0.1, -0.05) is 11.8 Å². The summed E-state index contributed by atoms with van der Waals surface area (Å²) in [7, 11) is 0. The molecule has 0 aromatic rings. The Kier molecular flexibility index (Phi) is 3.58. The maximum absolute atomic E-state index is 11.0. The monoisotopic (exact) mass is 199 g/mol. The Morgan fingerprint density at radius 3 is 3.08 bits per heavy atom. The third-order valence-electron chi connectivity index (χ3n) is 1.65. The van der Waals surface area contributed by atoms with Gasteiger partial charge in [-0.3, -0.25) is 14.9 Å². The van der Waals surface area contributed by atoms with E-state index in [4.69, 9.17) is 5.26 Å². The number of nitriles is 1. The van der Waals surface area contributed by atoms with Gasteiger partial charge in [0.2, 0.25) is 5.91 Å². The fourth-order valence-electron chi connectivity index (χ4n) is 0.990. The number of carbonyl (C=O) groups excluding carboxylic acids is 2. The summed E-state index contributed by atoms with van der Waals surface area (Å²) >= 11 is 1.26. The van der Waals surface area contributed by atoms with Gasteiger partial charge in [-0.25, -0.2) is 0 Å². The Labute approximate surface area is 80.1 Å². The molecule has 0 aromatic heterocycles. The number of hydrogen-bond donors (Lipinski definition) is 1. The molecule has 0 spiro atoms. The van der Waals surface area contributed by atoms with Crippen LogP contribution in [0.4, 0.5) is 4.79 Å². The molecule has 0 bridgehead atoms. The summed E-state index contributed by atoms with van der Waals surface area (Å²) in [5.41, 5.74) is 0. The molecule has 5 nitrogen and oxygen atoms in total. The maximum Gasteiger partial charge on any atom is 0.281 e. The lowest BCUT2D eigenvalue weighted by Crippen LogP contribution is -2.29. The van der Waals surface area contributed by atoms with Crippen LogP contribution in [-0.2, 0) is 4.79 Å². The third-order valence-corrected chi connectivity index (χ3v) is 2.54. The number of hydrogen-bond acceptors (Lipinski definition) is 4. The van der Waals surface area contributed by atoms with Gasteiger partial charge in [-0.15, -0.1) is 0 Å². The molecule has 0 aromatic carbocycles. The molecular weight excluding hydrogens is 190 g/mol. The summed E-state index contributed by atoms with van der Waals surface area (Å²) in [4.78, 5) is 23.5. The molecule has 0 aliphatic carbocycles. The van der Waals surface area contributed by atoms with Gasteiger partial charge in [0.25, 0.3) is 5.24 Å². The van der Waals surface area contributed by atoms with Crippen LogP contribution in [0.25, 0.3) is 0 Å². The van der Waals surface area contributed by atoms with E-state index in [1.807, 2.05) is 5.32 Å². The van der Waals surface area contributed by atoms with Crippen LogP contribution in [0, 0.1) is 11.5 Å². The number of amides is 2. The summed E-state index contributed by atoms with van der Waals surface area (Å²) in [6, 6.07) is 0. The first kappa shape index (κ1) is 9.86. The molecule has 13 heavy (non-hydrogen) atoms. The minimum absolute atomic E-state index is 0.0183. The van der Waals surface area contributed by atoms with E-state index in [1.165, 1.54) is 11.8 Å². The van der Waals surface area contributed by atoms with E-state index in [1.54, 1.807) is 11.1 Å². The van der Waals surface area contributed by atoms with E-state index in [-0.39, 0.29) is 17.6 Å². The minimum atomic E-state index is -0.341. The number of nitrogens with one attached hydrogen (secondary N) is 1. The van der Waals surface area contributed by atoms with Crippen molar-refractivity contribution in [3.8, 4) is 6.19 Å². The Morgan fingerprint density at radius 1 is 1.77 bits per heavy atom. The van der Waals surface area contributed by atoms with Crippen LogP contribution in [0.2, 0.25) is 0 Å². The van der Waals surface area contributed by atoms with Crippen molar-refractivity contribution >= 4 is 22.9 Å². The summed E-state index contributed by atoms with van der Waals surface area (Å²) in [6.45, 7) is 1.10. The fourth-order valence-corrected chi connectivity index (χ4v) is 1.84. The molecule has 1 aliphatic heterocycles. The van der Waals surface area contributed by atoms with Crippen molar-refractivity contribution < 1.29 is 9.59 Å². The molecule has 1 fully saturated rings. The average Bonchev–Trinajstić information content (AvgIpc) is 2.48. The molecule has 70 valence electrons. The quantitative estimate of drug-likeness (QED) is 0.518. The van der Waals surface area contributed by atoms with Gasteiger partial charge < -0.3 is 4.90 Å². The number of carbonyl (C=O) groups is 2. The van der Waals surface area contributed by atoms with Crippen molar-refractivity contribution in [2.24, 2.45) is 0 Å². The molecule has 0 saturated carbocycles. The lowest BCUT2D eigenvalue weighted by Gasteiger charge is -2.12. The molecular formula is C7H9N3O2S. The Hall–Kier alpha value is -1.22. The van der Waals surface area contributed by atoms with Gasteiger partial charge in [-0.2, -0.15) is 5.26 Å². The van der Waals surface area contributed by atoms with Crippen LogP contribution in [-0.4, -0.2) is 34.9 Å². The van der Waals surface area contributed by atoms with Crippen molar-refractivity contribution in [3.63, 3.8) is 0 Å². The molecule has 2 amide bonds. The second kappa shape index (κ2) is 4.72. The first-order chi connectivity index (χ1) is 6.24. The molecule has 0 radical (unpaired) electrons. The lowest BCUT2D eigenvalue weighted by molar-refractivity contribution is -0.120. The zero-order chi connectivity index (χ0) is 9.68. The normalized spacial score (nSPS) is 15.6. The van der Waals surface area contributed by atoms with E-state index < -0.39 is 0 Å². The van der Waals surface area contributed by atoms with E-state index in [0.717, 1.165) is 5.75 Å². The third kappa shape index (κ3) is 2.95. The van der Waals surface area contributed by atoms with E-state index in [9.17, 15) is 9.59 Å². The fraction of sp³-hybridized carbons (Fsp3) is 0.571. The predicted molar refractivity (Wildman–Crippen MR) is 47.8 cm³/mol. The smallest absolute Gasteiger partial charge is 0.281 e. The summed E-state index contributed by atoms with van der Waals surface area (Å²) in [5, 5.41) is 10.1. The first-order valence-electron chi connectivity index (χ1n) is 3.83. The van der Waals surface area contributed by atoms with Crippen LogP contribution in [0.1, 0.15) is 6.42 Å². The standard InChI is InChI=1S/C7H9N3O2S/c8-5-9-6(11)1-2-10-3-4-13-7(10)12/h1-4H2,(H,9,11). The van der Waals surface area contributed by atoms with Crippen LogP contribution in [0.5, 0.6) is 0 Å². The Bertz CT molecular complexity index is 261. The van der Waals surface area contributed by atoms with Crippen molar-refractivity contribution in [1.82, 2.24) is 10.2 Å². The van der Waals surface area contributed by atoms with Gasteiger partial charge >= 0.3 is 0 Å². The minimum Gasteiger partial charge on any atom is -0.332 e. The van der Waals surface area contributed by atoms with Crippen LogP contribution in [0.3, 0.4) is 0 Å². The number of rotatable bonds is 3. The molecule has 1 rings (SSSR count). The summed E-state index contributed by atoms with van der Waals surface area (Å²) < 4.78 is 0. The number of thioether (sulfide) groups is 1. The second-order valence-electron chi connectivity index (χ2n) is 2.51. The molecule has 0 unspecified atom stereocenters. The molecule has 0 atom stereocenters. The van der Waals surface area contributed by atoms with Crippen molar-refractivity contribution in [2.75, 3.05) is 18.8 Å². The van der Waals surface area contributed by atoms with Crippen LogP contribution >= 0.6 is 11.8 Å².